The van der Waals surface area contributed by atoms with Gasteiger partial charge in [0.1, 0.15) is 10.3 Å². The van der Waals surface area contributed by atoms with E-state index in [1.165, 1.54) is 0 Å². The zero-order chi connectivity index (χ0) is 15.0. The minimum atomic E-state index is -0.0474. The molecule has 21 heavy (non-hydrogen) atoms. The predicted octanol–water partition coefficient (Wildman–Crippen LogP) is 4.04. The van der Waals surface area contributed by atoms with Gasteiger partial charge in [0.2, 0.25) is 0 Å². The second-order valence-electron chi connectivity index (χ2n) is 4.58. The van der Waals surface area contributed by atoms with Crippen LogP contribution in [0.4, 0.5) is 0 Å². The summed E-state index contributed by atoms with van der Waals surface area (Å²) >= 11 is 14.9. The van der Waals surface area contributed by atoms with E-state index < -0.39 is 0 Å². The first-order chi connectivity index (χ1) is 10.1. The van der Waals surface area contributed by atoms with Crippen molar-refractivity contribution in [1.82, 2.24) is 14.5 Å². The zero-order valence-electron chi connectivity index (χ0n) is 11.0. The highest BCUT2D eigenvalue weighted by atomic mass is 35.5. The number of halogens is 2. The van der Waals surface area contributed by atoms with E-state index >= 15 is 0 Å². The molecule has 8 heteroatoms. The Morgan fingerprint density at radius 2 is 2.19 bits per heavy atom. The van der Waals surface area contributed by atoms with Gasteiger partial charge in [0, 0.05) is 12.3 Å². The molecule has 1 aliphatic rings. The van der Waals surface area contributed by atoms with Gasteiger partial charge >= 0.3 is 0 Å². The van der Waals surface area contributed by atoms with E-state index in [2.05, 4.69) is 9.59 Å². The Labute approximate surface area is 140 Å². The molecule has 0 spiro atoms. The Balaban J connectivity index is 1.90. The number of aromatic nitrogens is 2. The molecule has 110 valence electrons. The number of aryl methyl sites for hydroxylation is 1. The average molecular weight is 360 g/mol. The van der Waals surface area contributed by atoms with Crippen LogP contribution < -0.4 is 0 Å². The molecule has 0 unspecified atom stereocenters. The van der Waals surface area contributed by atoms with E-state index in [1.807, 2.05) is 17.0 Å². The highest BCUT2D eigenvalue weighted by Gasteiger charge is 2.33. The fraction of sp³-hybridized carbons (Fsp3) is 0.308. The molecule has 0 aliphatic carbocycles. The van der Waals surface area contributed by atoms with E-state index in [9.17, 15) is 4.79 Å². The molecule has 2 heterocycles. The average Bonchev–Trinajstić information content (AvgIpc) is 3.10. The first-order valence-electron chi connectivity index (χ1n) is 6.24. The van der Waals surface area contributed by atoms with E-state index in [-0.39, 0.29) is 11.3 Å². The van der Waals surface area contributed by atoms with Gasteiger partial charge in [-0.15, -0.1) is 16.9 Å². The molecule has 1 fully saturated rings. The Kier molecular flexibility index (Phi) is 4.40. The van der Waals surface area contributed by atoms with Crippen LogP contribution in [0.25, 0.3) is 0 Å². The van der Waals surface area contributed by atoms with E-state index in [1.54, 1.807) is 24.8 Å². The molecule has 1 aromatic carbocycles. The molecule has 1 aliphatic heterocycles. The van der Waals surface area contributed by atoms with E-state index in [0.717, 1.165) is 22.8 Å². The summed E-state index contributed by atoms with van der Waals surface area (Å²) in [6.45, 7) is 2.50. The van der Waals surface area contributed by atoms with Gasteiger partial charge in [-0.05, 0) is 36.2 Å². The maximum absolute atomic E-state index is 12.6. The SMILES string of the molecule is Cc1nnsc1C(=O)N1CCS[C@H]1c1ccc(Cl)c(Cl)c1. The van der Waals surface area contributed by atoms with Crippen LogP contribution in [0.2, 0.25) is 10.0 Å². The predicted molar refractivity (Wildman–Crippen MR) is 87.3 cm³/mol. The lowest BCUT2D eigenvalue weighted by Crippen LogP contribution is -2.30. The van der Waals surface area contributed by atoms with Crippen LogP contribution in [0.3, 0.4) is 0 Å². The Morgan fingerprint density at radius 1 is 1.38 bits per heavy atom. The number of nitrogens with zero attached hydrogens (tertiary/aromatic N) is 3. The van der Waals surface area contributed by atoms with Gasteiger partial charge in [0.05, 0.1) is 15.7 Å². The molecule has 1 saturated heterocycles. The fourth-order valence-corrected chi connectivity index (χ4v) is 4.34. The molecule has 1 amide bonds. The molecule has 4 nitrogen and oxygen atoms in total. The Hall–Kier alpha value is -0.820. The summed E-state index contributed by atoms with van der Waals surface area (Å²) in [5.41, 5.74) is 1.66. The van der Waals surface area contributed by atoms with Gasteiger partial charge in [-0.1, -0.05) is 33.8 Å². The van der Waals surface area contributed by atoms with Crippen molar-refractivity contribution in [3.05, 3.63) is 44.4 Å². The van der Waals surface area contributed by atoms with Crippen molar-refractivity contribution in [2.75, 3.05) is 12.3 Å². The van der Waals surface area contributed by atoms with Crippen molar-refractivity contribution < 1.29 is 4.79 Å². The number of carbonyl (C=O) groups is 1. The van der Waals surface area contributed by atoms with Crippen LogP contribution in [0.15, 0.2) is 18.2 Å². The first kappa shape index (κ1) is 15.1. The van der Waals surface area contributed by atoms with Gasteiger partial charge in [0.15, 0.2) is 0 Å². The van der Waals surface area contributed by atoms with Crippen molar-refractivity contribution >= 4 is 52.4 Å². The summed E-state index contributed by atoms with van der Waals surface area (Å²) in [5.74, 6) is 0.866. The van der Waals surface area contributed by atoms with Crippen molar-refractivity contribution in [3.8, 4) is 0 Å². The quantitative estimate of drug-likeness (QED) is 0.811. The van der Waals surface area contributed by atoms with E-state index in [4.69, 9.17) is 23.2 Å². The number of carbonyl (C=O) groups excluding carboxylic acids is 1. The number of amides is 1. The largest absolute Gasteiger partial charge is 0.321 e. The van der Waals surface area contributed by atoms with Crippen molar-refractivity contribution in [2.45, 2.75) is 12.3 Å². The Bertz CT molecular complexity index is 692. The second-order valence-corrected chi connectivity index (χ2v) is 7.34. The lowest BCUT2D eigenvalue weighted by molar-refractivity contribution is 0.0764. The molecule has 0 N–H and O–H groups in total. The van der Waals surface area contributed by atoms with Crippen molar-refractivity contribution in [1.29, 1.82) is 0 Å². The van der Waals surface area contributed by atoms with Gasteiger partial charge in [-0.25, -0.2) is 0 Å². The molecular formula is C13H11Cl2N3OS2. The molecule has 0 bridgehead atoms. The van der Waals surface area contributed by atoms with E-state index in [0.29, 0.717) is 27.2 Å². The van der Waals surface area contributed by atoms with Crippen molar-refractivity contribution in [2.24, 2.45) is 0 Å². The second kappa shape index (κ2) is 6.12. The topological polar surface area (TPSA) is 46.1 Å². The van der Waals surface area contributed by atoms with Crippen LogP contribution in [-0.4, -0.2) is 32.7 Å². The molecule has 2 aromatic rings. The summed E-state index contributed by atoms with van der Waals surface area (Å²) in [5, 5.41) is 4.88. The summed E-state index contributed by atoms with van der Waals surface area (Å²) in [4.78, 5) is 15.1. The third-order valence-electron chi connectivity index (χ3n) is 3.23. The van der Waals surface area contributed by atoms with Gasteiger partial charge in [-0.3, -0.25) is 4.79 Å². The minimum absolute atomic E-state index is 0.0245. The number of hydrogen-bond donors (Lipinski definition) is 0. The number of rotatable bonds is 2. The minimum Gasteiger partial charge on any atom is -0.321 e. The van der Waals surface area contributed by atoms with Crippen molar-refractivity contribution in [3.63, 3.8) is 0 Å². The normalized spacial score (nSPS) is 18.2. The van der Waals surface area contributed by atoms with Gasteiger partial charge in [0.25, 0.3) is 5.91 Å². The van der Waals surface area contributed by atoms with Crippen LogP contribution >= 0.6 is 46.5 Å². The lowest BCUT2D eigenvalue weighted by Gasteiger charge is -2.23. The monoisotopic (exact) mass is 359 g/mol. The third-order valence-corrected chi connectivity index (χ3v) is 6.04. The third kappa shape index (κ3) is 2.90. The molecule has 0 saturated carbocycles. The van der Waals surface area contributed by atoms with Crippen LogP contribution in [0.1, 0.15) is 26.3 Å². The lowest BCUT2D eigenvalue weighted by atomic mass is 10.2. The maximum atomic E-state index is 12.6. The van der Waals surface area contributed by atoms with Crippen LogP contribution in [0.5, 0.6) is 0 Å². The summed E-state index contributed by atoms with van der Waals surface area (Å²) < 4.78 is 3.84. The van der Waals surface area contributed by atoms with Gasteiger partial charge < -0.3 is 4.90 Å². The molecule has 1 atom stereocenters. The fourth-order valence-electron chi connectivity index (χ4n) is 2.18. The smallest absolute Gasteiger partial charge is 0.268 e. The number of hydrogen-bond acceptors (Lipinski definition) is 5. The number of thioether (sulfide) groups is 1. The summed E-state index contributed by atoms with van der Waals surface area (Å²) in [6.07, 6.45) is 0. The number of benzene rings is 1. The maximum Gasteiger partial charge on any atom is 0.268 e. The van der Waals surface area contributed by atoms with Gasteiger partial charge in [-0.2, -0.15) is 0 Å². The van der Waals surface area contributed by atoms with Crippen LogP contribution in [-0.2, 0) is 0 Å². The summed E-state index contributed by atoms with van der Waals surface area (Å²) in [7, 11) is 0. The Morgan fingerprint density at radius 3 is 2.86 bits per heavy atom. The highest BCUT2D eigenvalue weighted by Crippen LogP contribution is 2.40. The first-order valence-corrected chi connectivity index (χ1v) is 8.82. The molecular weight excluding hydrogens is 349 g/mol. The zero-order valence-corrected chi connectivity index (χ0v) is 14.2. The standard InChI is InChI=1S/C13H11Cl2N3OS2/c1-7-11(21-17-16-7)12(19)18-4-5-20-13(18)8-2-3-9(14)10(15)6-8/h2-3,6,13H,4-5H2,1H3/t13-/m0/s1. The van der Waals surface area contributed by atoms with Crippen LogP contribution in [0, 0.1) is 6.92 Å². The highest BCUT2D eigenvalue weighted by molar-refractivity contribution is 7.99. The molecule has 0 radical (unpaired) electrons. The summed E-state index contributed by atoms with van der Waals surface area (Å²) in [6, 6.07) is 5.50. The molecule has 1 aromatic heterocycles. The molecule has 3 rings (SSSR count).